The number of aromatic nitrogens is 1. The number of anilines is 1. The normalized spacial score (nSPS) is 10.8. The molecule has 2 aromatic carbocycles. The molecule has 0 saturated heterocycles. The number of rotatable bonds is 6. The third-order valence-corrected chi connectivity index (χ3v) is 4.13. The van der Waals surface area contributed by atoms with E-state index in [1.54, 1.807) is 19.2 Å². The first kappa shape index (κ1) is 15.9. The van der Waals surface area contributed by atoms with Gasteiger partial charge in [-0.15, -0.1) is 0 Å². The Kier molecular flexibility index (Phi) is 4.42. The number of benzene rings is 2. The summed E-state index contributed by atoms with van der Waals surface area (Å²) in [6, 6.07) is 13.1. The lowest BCUT2D eigenvalue weighted by Crippen LogP contribution is -2.04. The minimum atomic E-state index is -0.955. The number of nitrogens with zero attached hydrogens (tertiary/aromatic N) is 1. The number of aryl methyl sites for hydroxylation is 1. The van der Waals surface area contributed by atoms with Gasteiger partial charge >= 0.3 is 5.97 Å². The van der Waals surface area contributed by atoms with Crippen molar-refractivity contribution in [3.8, 4) is 5.75 Å². The van der Waals surface area contributed by atoms with Crippen molar-refractivity contribution in [2.24, 2.45) is 0 Å². The molecule has 124 valence electrons. The van der Waals surface area contributed by atoms with Crippen molar-refractivity contribution in [2.45, 2.75) is 20.0 Å². The minimum absolute atomic E-state index is 0.231. The number of carboxylic acids is 1. The highest BCUT2D eigenvalue weighted by atomic mass is 16.5. The number of carboxylic acid groups (broad SMARTS) is 1. The predicted octanol–water partition coefficient (Wildman–Crippen LogP) is 3.98. The first-order valence-electron chi connectivity index (χ1n) is 7.86. The van der Waals surface area contributed by atoms with Gasteiger partial charge in [-0.2, -0.15) is 0 Å². The van der Waals surface area contributed by atoms with Crippen LogP contribution < -0.4 is 10.1 Å². The van der Waals surface area contributed by atoms with Crippen LogP contribution in [0.1, 0.15) is 22.8 Å². The number of nitrogens with one attached hydrogen (secondary N) is 1. The van der Waals surface area contributed by atoms with Crippen molar-refractivity contribution in [1.82, 2.24) is 4.57 Å². The fraction of sp³-hybridized carbons (Fsp3) is 0.211. The van der Waals surface area contributed by atoms with Crippen LogP contribution in [0.25, 0.3) is 10.9 Å². The van der Waals surface area contributed by atoms with Crippen LogP contribution in [-0.2, 0) is 13.1 Å². The number of methoxy groups -OCH3 is 1. The van der Waals surface area contributed by atoms with Crippen molar-refractivity contribution in [3.05, 3.63) is 59.8 Å². The Hall–Kier alpha value is -2.95. The van der Waals surface area contributed by atoms with E-state index in [9.17, 15) is 4.79 Å². The molecular weight excluding hydrogens is 304 g/mol. The highest BCUT2D eigenvalue weighted by Crippen LogP contribution is 2.28. The predicted molar refractivity (Wildman–Crippen MR) is 94.9 cm³/mol. The molecule has 0 radical (unpaired) electrons. The van der Waals surface area contributed by atoms with Crippen molar-refractivity contribution in [3.63, 3.8) is 0 Å². The first-order valence-corrected chi connectivity index (χ1v) is 7.86. The van der Waals surface area contributed by atoms with Gasteiger partial charge in [0.15, 0.2) is 0 Å². The minimum Gasteiger partial charge on any atom is -0.495 e. The number of fused-ring (bicyclic) bond motifs is 1. The molecule has 0 aliphatic heterocycles. The summed E-state index contributed by atoms with van der Waals surface area (Å²) in [7, 11) is 1.57. The molecule has 2 N–H and O–H groups in total. The molecule has 1 heterocycles. The van der Waals surface area contributed by atoms with Gasteiger partial charge in [0.25, 0.3) is 0 Å². The molecule has 0 spiro atoms. The molecule has 0 amide bonds. The lowest BCUT2D eigenvalue weighted by Gasteiger charge is -2.11. The second-order valence-corrected chi connectivity index (χ2v) is 5.53. The van der Waals surface area contributed by atoms with Crippen LogP contribution in [0.4, 0.5) is 5.69 Å². The second-order valence-electron chi connectivity index (χ2n) is 5.53. The standard InChI is InChI=1S/C19H20N2O3/c1-3-21-12-14(15-6-4-5-7-17(15)21)11-20-16-10-13(19(22)23)8-9-18(16)24-2/h4-10,12,20H,3,11H2,1-2H3,(H,22,23). The Labute approximate surface area is 140 Å². The molecule has 0 aliphatic carbocycles. The van der Waals surface area contributed by atoms with Crippen LogP contribution in [-0.4, -0.2) is 22.8 Å². The second kappa shape index (κ2) is 6.66. The zero-order valence-electron chi connectivity index (χ0n) is 13.7. The van der Waals surface area contributed by atoms with Gasteiger partial charge in [0, 0.05) is 30.2 Å². The molecule has 5 heteroatoms. The molecule has 0 bridgehead atoms. The van der Waals surface area contributed by atoms with E-state index in [0.29, 0.717) is 18.0 Å². The summed E-state index contributed by atoms with van der Waals surface area (Å²) in [4.78, 5) is 11.2. The SMILES string of the molecule is CCn1cc(CNc2cc(C(=O)O)ccc2OC)c2ccccc21. The number of aromatic carboxylic acids is 1. The maximum atomic E-state index is 11.2. The molecule has 1 aromatic heterocycles. The number of hydrogen-bond acceptors (Lipinski definition) is 3. The third kappa shape index (κ3) is 2.93. The Bertz CT molecular complexity index is 883. The van der Waals surface area contributed by atoms with Gasteiger partial charge in [-0.3, -0.25) is 0 Å². The average molecular weight is 324 g/mol. The molecular formula is C19H20N2O3. The number of hydrogen-bond donors (Lipinski definition) is 2. The van der Waals surface area contributed by atoms with E-state index in [2.05, 4.69) is 35.1 Å². The number of ether oxygens (including phenoxy) is 1. The lowest BCUT2D eigenvalue weighted by atomic mass is 10.1. The molecule has 5 nitrogen and oxygen atoms in total. The summed E-state index contributed by atoms with van der Waals surface area (Å²) in [6.07, 6.45) is 2.13. The van der Waals surface area contributed by atoms with Gasteiger partial charge in [0.2, 0.25) is 0 Å². The summed E-state index contributed by atoms with van der Waals surface area (Å²) < 4.78 is 7.53. The van der Waals surface area contributed by atoms with Crippen LogP contribution in [0.15, 0.2) is 48.7 Å². The topological polar surface area (TPSA) is 63.5 Å². The van der Waals surface area contributed by atoms with Crippen molar-refractivity contribution < 1.29 is 14.6 Å². The Morgan fingerprint density at radius 2 is 2.04 bits per heavy atom. The van der Waals surface area contributed by atoms with E-state index in [0.717, 1.165) is 12.1 Å². The molecule has 0 aliphatic rings. The molecule has 3 aromatic rings. The summed E-state index contributed by atoms with van der Waals surface area (Å²) >= 11 is 0. The summed E-state index contributed by atoms with van der Waals surface area (Å²) in [6.45, 7) is 3.61. The molecule has 0 fully saturated rings. The maximum absolute atomic E-state index is 11.2. The molecule has 0 atom stereocenters. The van der Waals surface area contributed by atoms with Crippen LogP contribution in [0.2, 0.25) is 0 Å². The van der Waals surface area contributed by atoms with Gasteiger partial charge in [0.05, 0.1) is 18.4 Å². The van der Waals surface area contributed by atoms with E-state index in [-0.39, 0.29) is 5.56 Å². The summed E-state index contributed by atoms with van der Waals surface area (Å²) in [5, 5.41) is 13.7. The van der Waals surface area contributed by atoms with Crippen molar-refractivity contribution in [2.75, 3.05) is 12.4 Å². The maximum Gasteiger partial charge on any atom is 0.335 e. The third-order valence-electron chi connectivity index (χ3n) is 4.13. The lowest BCUT2D eigenvalue weighted by molar-refractivity contribution is 0.0697. The van der Waals surface area contributed by atoms with Crippen LogP contribution in [0.5, 0.6) is 5.75 Å². The van der Waals surface area contributed by atoms with E-state index in [1.165, 1.54) is 17.0 Å². The Balaban J connectivity index is 1.91. The van der Waals surface area contributed by atoms with Crippen LogP contribution in [0, 0.1) is 0 Å². The Morgan fingerprint density at radius 3 is 2.75 bits per heavy atom. The number of para-hydroxylation sites is 1. The van der Waals surface area contributed by atoms with Gasteiger partial charge in [-0.05, 0) is 36.8 Å². The molecule has 3 rings (SSSR count). The van der Waals surface area contributed by atoms with Gasteiger partial charge in [0.1, 0.15) is 5.75 Å². The Morgan fingerprint density at radius 1 is 1.25 bits per heavy atom. The van der Waals surface area contributed by atoms with Crippen LogP contribution in [0.3, 0.4) is 0 Å². The van der Waals surface area contributed by atoms with E-state index in [4.69, 9.17) is 9.84 Å². The van der Waals surface area contributed by atoms with E-state index < -0.39 is 5.97 Å². The zero-order valence-corrected chi connectivity index (χ0v) is 13.7. The van der Waals surface area contributed by atoms with Gasteiger partial charge in [-0.1, -0.05) is 18.2 Å². The smallest absolute Gasteiger partial charge is 0.335 e. The molecule has 0 unspecified atom stereocenters. The first-order chi connectivity index (χ1) is 11.6. The van der Waals surface area contributed by atoms with E-state index in [1.807, 2.05) is 12.1 Å². The summed E-state index contributed by atoms with van der Waals surface area (Å²) in [5.74, 6) is -0.331. The van der Waals surface area contributed by atoms with Crippen molar-refractivity contribution in [1.29, 1.82) is 0 Å². The van der Waals surface area contributed by atoms with Crippen LogP contribution >= 0.6 is 0 Å². The quantitative estimate of drug-likeness (QED) is 0.720. The average Bonchev–Trinajstić information content (AvgIpc) is 2.97. The highest BCUT2D eigenvalue weighted by molar-refractivity contribution is 5.89. The largest absolute Gasteiger partial charge is 0.495 e. The van der Waals surface area contributed by atoms with Crippen molar-refractivity contribution >= 4 is 22.6 Å². The fourth-order valence-corrected chi connectivity index (χ4v) is 2.89. The number of carbonyl (C=O) groups is 1. The molecule has 0 saturated carbocycles. The van der Waals surface area contributed by atoms with Gasteiger partial charge < -0.3 is 19.7 Å². The molecule has 24 heavy (non-hydrogen) atoms. The summed E-state index contributed by atoms with van der Waals surface area (Å²) in [5.41, 5.74) is 3.26. The zero-order chi connectivity index (χ0) is 17.1. The monoisotopic (exact) mass is 324 g/mol. The van der Waals surface area contributed by atoms with E-state index >= 15 is 0 Å². The fourth-order valence-electron chi connectivity index (χ4n) is 2.89. The highest BCUT2D eigenvalue weighted by Gasteiger charge is 2.11. The van der Waals surface area contributed by atoms with Gasteiger partial charge in [-0.25, -0.2) is 4.79 Å².